The second kappa shape index (κ2) is 6.87. The van der Waals surface area contributed by atoms with E-state index in [1.54, 1.807) is 11.0 Å². The lowest BCUT2D eigenvalue weighted by molar-refractivity contribution is -0.0803. The van der Waals surface area contributed by atoms with E-state index in [1.165, 1.54) is 0 Å². The molecule has 1 aromatic heterocycles. The molecule has 0 aliphatic heterocycles. The van der Waals surface area contributed by atoms with E-state index >= 15 is 0 Å². The van der Waals surface area contributed by atoms with E-state index in [0.29, 0.717) is 12.6 Å². The number of hydrogen-bond acceptors (Lipinski definition) is 4. The minimum atomic E-state index is -0.424. The number of aromatic nitrogens is 3. The molecule has 0 N–H and O–H groups in total. The van der Waals surface area contributed by atoms with Crippen molar-refractivity contribution in [1.82, 2.24) is 14.8 Å². The van der Waals surface area contributed by atoms with E-state index in [-0.39, 0.29) is 0 Å². The number of benzene rings is 2. The van der Waals surface area contributed by atoms with Crippen LogP contribution >= 0.6 is 0 Å². The van der Waals surface area contributed by atoms with Crippen molar-refractivity contribution in [1.29, 1.82) is 0 Å². The fourth-order valence-corrected chi connectivity index (χ4v) is 1.98. The van der Waals surface area contributed by atoms with Gasteiger partial charge in [-0.15, -0.1) is 5.10 Å². The molecule has 0 spiro atoms. The van der Waals surface area contributed by atoms with E-state index in [2.05, 4.69) is 10.1 Å². The van der Waals surface area contributed by atoms with Crippen LogP contribution in [0.15, 0.2) is 67.0 Å². The van der Waals surface area contributed by atoms with Crippen LogP contribution < -0.4 is 4.74 Å². The van der Waals surface area contributed by atoms with E-state index in [9.17, 15) is 0 Å². The maximum absolute atomic E-state index is 5.64. The summed E-state index contributed by atoms with van der Waals surface area (Å²) in [6.07, 6.45) is 1.20. The highest BCUT2D eigenvalue weighted by molar-refractivity contribution is 5.29. The van der Waals surface area contributed by atoms with Gasteiger partial charge in [0.05, 0.1) is 12.3 Å². The fourth-order valence-electron chi connectivity index (χ4n) is 1.98. The molecule has 5 nitrogen and oxygen atoms in total. The zero-order valence-electron chi connectivity index (χ0n) is 12.3. The number of para-hydroxylation sites is 1. The number of hydrogen-bond donors (Lipinski definition) is 0. The standard InChI is InChI=1S/C17H17N3O2/c1-14(21-12-15-8-4-2-5-9-15)22-17-18-13-20(19-17)16-10-6-3-7-11-16/h2-11,13-14H,12H2,1H3. The molecule has 1 atom stereocenters. The molecule has 2 aromatic carbocycles. The van der Waals surface area contributed by atoms with Crippen LogP contribution in [0.5, 0.6) is 6.01 Å². The lowest BCUT2D eigenvalue weighted by atomic mass is 10.2. The molecule has 3 aromatic rings. The number of ether oxygens (including phenoxy) is 2. The van der Waals surface area contributed by atoms with Gasteiger partial charge in [-0.25, -0.2) is 4.68 Å². The smallest absolute Gasteiger partial charge is 0.338 e. The first-order chi connectivity index (χ1) is 10.8. The molecule has 0 aliphatic carbocycles. The largest absolute Gasteiger partial charge is 0.433 e. The Labute approximate surface area is 129 Å². The SMILES string of the molecule is CC(OCc1ccccc1)Oc1ncn(-c2ccccc2)n1. The second-order valence-corrected chi connectivity index (χ2v) is 4.79. The Morgan fingerprint density at radius 2 is 1.68 bits per heavy atom. The molecule has 5 heteroatoms. The Kier molecular flexibility index (Phi) is 4.46. The van der Waals surface area contributed by atoms with Gasteiger partial charge in [-0.1, -0.05) is 48.5 Å². The van der Waals surface area contributed by atoms with Crippen molar-refractivity contribution in [3.63, 3.8) is 0 Å². The van der Waals surface area contributed by atoms with Crippen LogP contribution in [-0.2, 0) is 11.3 Å². The van der Waals surface area contributed by atoms with Crippen molar-refractivity contribution in [2.24, 2.45) is 0 Å². The third kappa shape index (κ3) is 3.71. The van der Waals surface area contributed by atoms with Gasteiger partial charge in [-0.2, -0.15) is 4.98 Å². The molecule has 112 valence electrons. The summed E-state index contributed by atoms with van der Waals surface area (Å²) in [7, 11) is 0. The molecule has 0 saturated heterocycles. The highest BCUT2D eigenvalue weighted by Gasteiger charge is 2.09. The molecule has 1 unspecified atom stereocenters. The summed E-state index contributed by atoms with van der Waals surface area (Å²) in [6, 6.07) is 20.0. The Hall–Kier alpha value is -2.66. The van der Waals surface area contributed by atoms with Gasteiger partial charge in [-0.3, -0.25) is 0 Å². The summed E-state index contributed by atoms with van der Waals surface area (Å²) in [5, 5.41) is 4.28. The quantitative estimate of drug-likeness (QED) is 0.655. The average Bonchev–Trinajstić information content (AvgIpc) is 3.03. The first kappa shape index (κ1) is 14.3. The molecule has 22 heavy (non-hydrogen) atoms. The average molecular weight is 295 g/mol. The predicted molar refractivity (Wildman–Crippen MR) is 82.7 cm³/mol. The lowest BCUT2D eigenvalue weighted by Crippen LogP contribution is -2.17. The van der Waals surface area contributed by atoms with E-state index in [1.807, 2.05) is 67.6 Å². The second-order valence-electron chi connectivity index (χ2n) is 4.79. The maximum atomic E-state index is 5.64. The molecule has 0 saturated carbocycles. The zero-order chi connectivity index (χ0) is 15.2. The molecule has 0 fully saturated rings. The van der Waals surface area contributed by atoms with Gasteiger partial charge >= 0.3 is 6.01 Å². The van der Waals surface area contributed by atoms with Crippen LogP contribution in [-0.4, -0.2) is 21.1 Å². The fraction of sp³-hybridized carbons (Fsp3) is 0.176. The molecule has 0 radical (unpaired) electrons. The number of nitrogens with zero attached hydrogens (tertiary/aromatic N) is 3. The molecular formula is C17H17N3O2. The van der Waals surface area contributed by atoms with Crippen LogP contribution in [0.4, 0.5) is 0 Å². The normalized spacial score (nSPS) is 12.0. The third-order valence-corrected chi connectivity index (χ3v) is 3.09. The van der Waals surface area contributed by atoms with Crippen molar-refractivity contribution in [3.05, 3.63) is 72.6 Å². The van der Waals surface area contributed by atoms with Crippen LogP contribution in [0.2, 0.25) is 0 Å². The van der Waals surface area contributed by atoms with Gasteiger partial charge in [0.15, 0.2) is 0 Å². The Morgan fingerprint density at radius 1 is 1.00 bits per heavy atom. The summed E-state index contributed by atoms with van der Waals surface area (Å²) >= 11 is 0. The van der Waals surface area contributed by atoms with Gasteiger partial charge in [0.25, 0.3) is 0 Å². The highest BCUT2D eigenvalue weighted by atomic mass is 16.7. The van der Waals surface area contributed by atoms with Crippen molar-refractivity contribution in [2.45, 2.75) is 19.8 Å². The summed E-state index contributed by atoms with van der Waals surface area (Å²) in [5.74, 6) is 0. The molecule has 0 bridgehead atoms. The van der Waals surface area contributed by atoms with E-state index in [4.69, 9.17) is 9.47 Å². The zero-order valence-corrected chi connectivity index (χ0v) is 12.3. The van der Waals surface area contributed by atoms with Gasteiger partial charge < -0.3 is 9.47 Å². The molecule has 1 heterocycles. The predicted octanol–water partition coefficient (Wildman–Crippen LogP) is 3.21. The molecule has 3 rings (SSSR count). The Morgan fingerprint density at radius 3 is 2.41 bits per heavy atom. The summed E-state index contributed by atoms with van der Waals surface area (Å²) in [6.45, 7) is 2.31. The van der Waals surface area contributed by atoms with Crippen molar-refractivity contribution in [3.8, 4) is 11.7 Å². The van der Waals surface area contributed by atoms with Gasteiger partial charge in [0.1, 0.15) is 6.33 Å². The molecule has 0 aliphatic rings. The van der Waals surface area contributed by atoms with E-state index < -0.39 is 6.29 Å². The van der Waals surface area contributed by atoms with Gasteiger partial charge in [-0.05, 0) is 24.6 Å². The summed E-state index contributed by atoms with van der Waals surface area (Å²) in [4.78, 5) is 4.14. The van der Waals surface area contributed by atoms with Crippen molar-refractivity contribution < 1.29 is 9.47 Å². The van der Waals surface area contributed by atoms with Crippen LogP contribution in [0.25, 0.3) is 5.69 Å². The Balaban J connectivity index is 1.56. The summed E-state index contributed by atoms with van der Waals surface area (Å²) < 4.78 is 12.9. The molecule has 0 amide bonds. The minimum absolute atomic E-state index is 0.296. The summed E-state index contributed by atoms with van der Waals surface area (Å²) in [5.41, 5.74) is 2.03. The van der Waals surface area contributed by atoms with Gasteiger partial charge in [0, 0.05) is 0 Å². The third-order valence-electron chi connectivity index (χ3n) is 3.09. The molecular weight excluding hydrogens is 278 g/mol. The maximum Gasteiger partial charge on any atom is 0.338 e. The van der Waals surface area contributed by atoms with Crippen molar-refractivity contribution in [2.75, 3.05) is 0 Å². The lowest BCUT2D eigenvalue weighted by Gasteiger charge is -2.12. The Bertz CT molecular complexity index is 698. The topological polar surface area (TPSA) is 49.2 Å². The minimum Gasteiger partial charge on any atom is -0.433 e. The van der Waals surface area contributed by atoms with Crippen molar-refractivity contribution >= 4 is 0 Å². The van der Waals surface area contributed by atoms with Crippen LogP contribution in [0.3, 0.4) is 0 Å². The highest BCUT2D eigenvalue weighted by Crippen LogP contribution is 2.11. The van der Waals surface area contributed by atoms with Gasteiger partial charge in [0.2, 0.25) is 6.29 Å². The first-order valence-electron chi connectivity index (χ1n) is 7.10. The number of rotatable bonds is 6. The first-order valence-corrected chi connectivity index (χ1v) is 7.10. The monoisotopic (exact) mass is 295 g/mol. The van der Waals surface area contributed by atoms with E-state index in [0.717, 1.165) is 11.3 Å². The van der Waals surface area contributed by atoms with Crippen LogP contribution in [0, 0.1) is 0 Å². The van der Waals surface area contributed by atoms with Crippen LogP contribution in [0.1, 0.15) is 12.5 Å².